The van der Waals surface area contributed by atoms with E-state index in [1.54, 1.807) is 6.07 Å². The standard InChI is InChI=1S/C29H38N4O4/c1-4-7-18-36-28(34)25-13-10-9-12-24(25)23-16-14-22(15-17-23)21-33-26(11-6-3)31-32-27(33)20-30-29(35)37-19-8-5-2/h9-10,12-17H,4-8,11,18-21H2,1-3H3,(H,30,35). The number of aromatic nitrogens is 3. The van der Waals surface area contributed by atoms with E-state index in [1.165, 1.54) is 0 Å². The van der Waals surface area contributed by atoms with Crippen LogP contribution in [0, 0.1) is 0 Å². The second kappa shape index (κ2) is 14.8. The van der Waals surface area contributed by atoms with Gasteiger partial charge in [-0.25, -0.2) is 9.59 Å². The number of hydrogen-bond acceptors (Lipinski definition) is 6. The lowest BCUT2D eigenvalue weighted by molar-refractivity contribution is 0.0500. The van der Waals surface area contributed by atoms with Gasteiger partial charge in [0.15, 0.2) is 5.82 Å². The molecule has 0 spiro atoms. The van der Waals surface area contributed by atoms with Crippen molar-refractivity contribution in [3.63, 3.8) is 0 Å². The van der Waals surface area contributed by atoms with Gasteiger partial charge in [0, 0.05) is 6.42 Å². The summed E-state index contributed by atoms with van der Waals surface area (Å²) in [4.78, 5) is 24.6. The summed E-state index contributed by atoms with van der Waals surface area (Å²) >= 11 is 0. The highest BCUT2D eigenvalue weighted by Gasteiger charge is 2.16. The van der Waals surface area contributed by atoms with Gasteiger partial charge in [0.1, 0.15) is 5.82 Å². The Kier molecular flexibility index (Phi) is 11.1. The number of benzene rings is 2. The number of rotatable bonds is 14. The fourth-order valence-corrected chi connectivity index (χ4v) is 3.88. The van der Waals surface area contributed by atoms with Crippen molar-refractivity contribution < 1.29 is 19.1 Å². The molecule has 0 bridgehead atoms. The number of nitrogens with one attached hydrogen (secondary N) is 1. The minimum absolute atomic E-state index is 0.243. The van der Waals surface area contributed by atoms with Gasteiger partial charge in [-0.15, -0.1) is 10.2 Å². The molecule has 0 aliphatic rings. The summed E-state index contributed by atoms with van der Waals surface area (Å²) in [6, 6.07) is 15.6. The molecule has 1 heterocycles. The van der Waals surface area contributed by atoms with Gasteiger partial charge in [-0.05, 0) is 42.0 Å². The van der Waals surface area contributed by atoms with Gasteiger partial charge in [0.25, 0.3) is 0 Å². The van der Waals surface area contributed by atoms with Crippen LogP contribution in [0.25, 0.3) is 11.1 Å². The number of carbonyl (C=O) groups excluding carboxylic acids is 2. The van der Waals surface area contributed by atoms with E-state index in [0.717, 1.165) is 61.0 Å². The smallest absolute Gasteiger partial charge is 0.407 e. The molecule has 8 nitrogen and oxygen atoms in total. The summed E-state index contributed by atoms with van der Waals surface area (Å²) in [5, 5.41) is 11.4. The predicted molar refractivity (Wildman–Crippen MR) is 143 cm³/mol. The van der Waals surface area contributed by atoms with Gasteiger partial charge in [0.05, 0.1) is 31.9 Å². The largest absolute Gasteiger partial charge is 0.462 e. The van der Waals surface area contributed by atoms with Crippen LogP contribution in [0.1, 0.15) is 80.4 Å². The Morgan fingerprint density at radius 1 is 0.838 bits per heavy atom. The Morgan fingerprint density at radius 3 is 2.22 bits per heavy atom. The average Bonchev–Trinajstić information content (AvgIpc) is 3.29. The fourth-order valence-electron chi connectivity index (χ4n) is 3.88. The molecule has 0 fully saturated rings. The molecule has 37 heavy (non-hydrogen) atoms. The number of carbonyl (C=O) groups is 2. The lowest BCUT2D eigenvalue weighted by atomic mass is 9.98. The maximum atomic E-state index is 12.6. The third kappa shape index (κ3) is 8.17. The fraction of sp³-hybridized carbons (Fsp3) is 0.448. The van der Waals surface area contributed by atoms with Gasteiger partial charge < -0.3 is 19.4 Å². The molecule has 1 N–H and O–H groups in total. The number of alkyl carbamates (subject to hydrolysis) is 1. The Morgan fingerprint density at radius 2 is 1.51 bits per heavy atom. The van der Waals surface area contributed by atoms with Crippen LogP contribution < -0.4 is 5.32 Å². The quantitative estimate of drug-likeness (QED) is 0.215. The molecule has 0 atom stereocenters. The highest BCUT2D eigenvalue weighted by molar-refractivity contribution is 5.97. The van der Waals surface area contributed by atoms with Crippen LogP contribution in [0.5, 0.6) is 0 Å². The average molecular weight is 507 g/mol. The summed E-state index contributed by atoms with van der Waals surface area (Å²) in [6.45, 7) is 7.86. The maximum absolute atomic E-state index is 12.6. The summed E-state index contributed by atoms with van der Waals surface area (Å²) in [6.07, 6.45) is 4.91. The van der Waals surface area contributed by atoms with Gasteiger partial charge >= 0.3 is 12.1 Å². The lowest BCUT2D eigenvalue weighted by Crippen LogP contribution is -2.26. The van der Waals surface area contributed by atoms with Crippen molar-refractivity contribution in [1.29, 1.82) is 0 Å². The molecule has 0 unspecified atom stereocenters. The van der Waals surface area contributed by atoms with Gasteiger partial charge in [-0.1, -0.05) is 76.1 Å². The van der Waals surface area contributed by atoms with E-state index >= 15 is 0 Å². The van der Waals surface area contributed by atoms with Crippen molar-refractivity contribution in [2.75, 3.05) is 13.2 Å². The number of amides is 1. The molecule has 0 aliphatic heterocycles. The van der Waals surface area contributed by atoms with E-state index in [9.17, 15) is 9.59 Å². The SMILES string of the molecule is CCCCOC(=O)NCc1nnc(CCC)n1Cc1ccc(-c2ccccc2C(=O)OCCCC)cc1. The highest BCUT2D eigenvalue weighted by Crippen LogP contribution is 2.25. The first kappa shape index (κ1) is 27.9. The summed E-state index contributed by atoms with van der Waals surface area (Å²) in [7, 11) is 0. The van der Waals surface area contributed by atoms with E-state index in [1.807, 2.05) is 54.0 Å². The molecule has 2 aromatic carbocycles. The zero-order valence-electron chi connectivity index (χ0n) is 22.2. The second-order valence-electron chi connectivity index (χ2n) is 8.94. The molecule has 0 saturated heterocycles. The first-order valence-electron chi connectivity index (χ1n) is 13.2. The van der Waals surface area contributed by atoms with Crippen LogP contribution in [0.2, 0.25) is 0 Å². The number of nitrogens with zero attached hydrogens (tertiary/aromatic N) is 3. The Hall–Kier alpha value is -3.68. The lowest BCUT2D eigenvalue weighted by Gasteiger charge is -2.13. The zero-order valence-corrected chi connectivity index (χ0v) is 22.2. The van der Waals surface area contributed by atoms with Crippen molar-refractivity contribution in [3.8, 4) is 11.1 Å². The normalized spacial score (nSPS) is 10.8. The van der Waals surface area contributed by atoms with Crippen LogP contribution in [0.3, 0.4) is 0 Å². The van der Waals surface area contributed by atoms with Gasteiger partial charge in [-0.2, -0.15) is 0 Å². The Bertz CT molecular complexity index is 1140. The number of unbranched alkanes of at least 4 members (excludes halogenated alkanes) is 2. The number of hydrogen-bond donors (Lipinski definition) is 1. The van der Waals surface area contributed by atoms with E-state index < -0.39 is 6.09 Å². The summed E-state index contributed by atoms with van der Waals surface area (Å²) in [5.41, 5.74) is 3.42. The summed E-state index contributed by atoms with van der Waals surface area (Å²) in [5.74, 6) is 1.26. The highest BCUT2D eigenvalue weighted by atomic mass is 16.5. The zero-order chi connectivity index (χ0) is 26.5. The minimum atomic E-state index is -0.448. The van der Waals surface area contributed by atoms with Crippen molar-refractivity contribution in [1.82, 2.24) is 20.1 Å². The van der Waals surface area contributed by atoms with Crippen LogP contribution >= 0.6 is 0 Å². The monoisotopic (exact) mass is 506 g/mol. The molecule has 1 amide bonds. The molecule has 0 aliphatic carbocycles. The molecule has 1 aromatic heterocycles. The van der Waals surface area contributed by atoms with Crippen molar-refractivity contribution in [2.45, 2.75) is 72.4 Å². The number of aryl methyl sites for hydroxylation is 1. The van der Waals surface area contributed by atoms with Crippen LogP contribution in [0.15, 0.2) is 48.5 Å². The van der Waals surface area contributed by atoms with E-state index in [4.69, 9.17) is 9.47 Å². The van der Waals surface area contributed by atoms with Crippen molar-refractivity contribution in [2.24, 2.45) is 0 Å². The van der Waals surface area contributed by atoms with Crippen LogP contribution in [-0.4, -0.2) is 40.0 Å². The van der Waals surface area contributed by atoms with E-state index in [0.29, 0.717) is 31.1 Å². The molecule has 3 aromatic rings. The number of ether oxygens (including phenoxy) is 2. The number of esters is 1. The van der Waals surface area contributed by atoms with Crippen molar-refractivity contribution >= 4 is 12.1 Å². The molecule has 198 valence electrons. The molecule has 3 rings (SSSR count). The van der Waals surface area contributed by atoms with Crippen LogP contribution in [-0.2, 0) is 29.0 Å². The van der Waals surface area contributed by atoms with E-state index in [-0.39, 0.29) is 12.5 Å². The molecule has 0 radical (unpaired) electrons. The maximum Gasteiger partial charge on any atom is 0.407 e. The second-order valence-corrected chi connectivity index (χ2v) is 8.94. The topological polar surface area (TPSA) is 95.3 Å². The van der Waals surface area contributed by atoms with Gasteiger partial charge in [0.2, 0.25) is 0 Å². The first-order valence-corrected chi connectivity index (χ1v) is 13.2. The molecular formula is C29H38N4O4. The Balaban J connectivity index is 1.73. The first-order chi connectivity index (χ1) is 18.1. The summed E-state index contributed by atoms with van der Waals surface area (Å²) < 4.78 is 12.7. The minimum Gasteiger partial charge on any atom is -0.462 e. The third-order valence-electron chi connectivity index (χ3n) is 5.98. The molecule has 0 saturated carbocycles. The van der Waals surface area contributed by atoms with Gasteiger partial charge in [-0.3, -0.25) is 0 Å². The third-order valence-corrected chi connectivity index (χ3v) is 5.98. The van der Waals surface area contributed by atoms with E-state index in [2.05, 4.69) is 29.4 Å². The van der Waals surface area contributed by atoms with Crippen LogP contribution in [0.4, 0.5) is 4.79 Å². The molecule has 8 heteroatoms. The Labute approximate surface area is 219 Å². The predicted octanol–water partition coefficient (Wildman–Crippen LogP) is 5.93. The van der Waals surface area contributed by atoms with Crippen molar-refractivity contribution in [3.05, 3.63) is 71.3 Å². The molecular weight excluding hydrogens is 468 g/mol.